The van der Waals surface area contributed by atoms with E-state index in [1.54, 1.807) is 18.2 Å². The topological polar surface area (TPSA) is 47.4 Å². The fraction of sp³-hybridized carbons (Fsp3) is 0.474. The van der Waals surface area contributed by atoms with E-state index in [0.29, 0.717) is 38.1 Å². The van der Waals surface area contributed by atoms with Gasteiger partial charge in [-0.1, -0.05) is 18.2 Å². The summed E-state index contributed by atoms with van der Waals surface area (Å²) in [6.07, 6.45) is 3.11. The van der Waals surface area contributed by atoms with E-state index in [2.05, 4.69) is 4.98 Å². The lowest BCUT2D eigenvalue weighted by Crippen LogP contribution is -2.47. The van der Waals surface area contributed by atoms with Gasteiger partial charge in [0, 0.05) is 25.4 Å². The third-order valence-corrected chi connectivity index (χ3v) is 5.22. The Morgan fingerprint density at radius 2 is 2.12 bits per heavy atom. The molecule has 1 saturated heterocycles. The van der Waals surface area contributed by atoms with Gasteiger partial charge >= 0.3 is 0 Å². The van der Waals surface area contributed by atoms with Crippen LogP contribution >= 0.6 is 0 Å². The maximum Gasteiger partial charge on any atom is 0.233 e. The number of ether oxygens (including phenoxy) is 1. The zero-order valence-electron chi connectivity index (χ0n) is 14.5. The van der Waals surface area contributed by atoms with Crippen molar-refractivity contribution in [2.75, 3.05) is 19.7 Å². The summed E-state index contributed by atoms with van der Waals surface area (Å²) in [5.41, 5.74) is 0.760. The molecule has 1 aromatic carbocycles. The average molecular weight is 343 g/mol. The number of aromatic nitrogens is 2. The van der Waals surface area contributed by atoms with Crippen molar-refractivity contribution in [3.05, 3.63) is 53.4 Å². The number of morpholine rings is 1. The largest absolute Gasteiger partial charge is 0.367 e. The van der Waals surface area contributed by atoms with E-state index in [0.717, 1.165) is 11.5 Å². The van der Waals surface area contributed by atoms with Crippen LogP contribution in [0.15, 0.2) is 30.5 Å². The van der Waals surface area contributed by atoms with Gasteiger partial charge in [0.1, 0.15) is 17.7 Å². The first-order valence-electron chi connectivity index (χ1n) is 8.67. The molecule has 6 heteroatoms. The molecule has 1 saturated carbocycles. The Balaban J connectivity index is 1.57. The lowest BCUT2D eigenvalue weighted by Gasteiger charge is -2.35. The molecule has 1 aromatic heterocycles. The summed E-state index contributed by atoms with van der Waals surface area (Å²) >= 11 is 0. The fourth-order valence-electron chi connectivity index (χ4n) is 3.80. The number of rotatable bonds is 3. The zero-order valence-corrected chi connectivity index (χ0v) is 14.5. The summed E-state index contributed by atoms with van der Waals surface area (Å²) in [5, 5.41) is 0. The van der Waals surface area contributed by atoms with Gasteiger partial charge in [0.15, 0.2) is 0 Å². The third kappa shape index (κ3) is 2.74. The minimum Gasteiger partial charge on any atom is -0.367 e. The molecule has 2 heterocycles. The first-order valence-corrected chi connectivity index (χ1v) is 8.67. The Morgan fingerprint density at radius 1 is 1.36 bits per heavy atom. The normalized spacial score (nSPS) is 22.0. The van der Waals surface area contributed by atoms with Gasteiger partial charge in [-0.05, 0) is 25.8 Å². The maximum absolute atomic E-state index is 14.2. The maximum atomic E-state index is 14.2. The summed E-state index contributed by atoms with van der Waals surface area (Å²) in [5.74, 6) is 0.542. The lowest BCUT2D eigenvalue weighted by molar-refractivity contribution is -0.142. The molecule has 132 valence electrons. The summed E-state index contributed by atoms with van der Waals surface area (Å²) in [6, 6.07) is 6.62. The number of imidazole rings is 1. The van der Waals surface area contributed by atoms with E-state index >= 15 is 0 Å². The Morgan fingerprint density at radius 3 is 2.76 bits per heavy atom. The van der Waals surface area contributed by atoms with Gasteiger partial charge in [-0.2, -0.15) is 0 Å². The first kappa shape index (κ1) is 16.3. The van der Waals surface area contributed by atoms with E-state index in [1.807, 2.05) is 29.6 Å². The Hall–Kier alpha value is -2.21. The number of carbonyl (C=O) groups is 1. The smallest absolute Gasteiger partial charge is 0.233 e. The van der Waals surface area contributed by atoms with E-state index in [9.17, 15) is 9.18 Å². The number of amides is 1. The van der Waals surface area contributed by atoms with Crippen LogP contribution in [0.1, 0.15) is 36.0 Å². The van der Waals surface area contributed by atoms with Crippen LogP contribution in [0, 0.1) is 12.7 Å². The summed E-state index contributed by atoms with van der Waals surface area (Å²) in [7, 11) is 1.93. The molecule has 0 N–H and O–H groups in total. The predicted molar refractivity (Wildman–Crippen MR) is 90.5 cm³/mol. The van der Waals surface area contributed by atoms with Crippen LogP contribution in [-0.2, 0) is 22.0 Å². The third-order valence-electron chi connectivity index (χ3n) is 5.22. The Kier molecular flexibility index (Phi) is 3.87. The molecule has 0 bridgehead atoms. The monoisotopic (exact) mass is 343 g/mol. The van der Waals surface area contributed by atoms with Crippen LogP contribution in [0.2, 0.25) is 0 Å². The number of benzene rings is 1. The van der Waals surface area contributed by atoms with Crippen molar-refractivity contribution in [3.63, 3.8) is 0 Å². The van der Waals surface area contributed by atoms with Crippen molar-refractivity contribution in [2.24, 2.45) is 7.05 Å². The van der Waals surface area contributed by atoms with Gasteiger partial charge in [-0.25, -0.2) is 9.37 Å². The minimum atomic E-state index is -0.690. The van der Waals surface area contributed by atoms with E-state index in [-0.39, 0.29) is 17.8 Å². The van der Waals surface area contributed by atoms with Gasteiger partial charge in [0.25, 0.3) is 0 Å². The molecule has 0 spiro atoms. The molecular weight excluding hydrogens is 321 g/mol. The van der Waals surface area contributed by atoms with Crippen molar-refractivity contribution in [1.29, 1.82) is 0 Å². The lowest BCUT2D eigenvalue weighted by atomic mass is 9.93. The SMILES string of the molecule is Cc1cn(C)c([C@@H]2CN(C(=O)C3(c4ccccc4F)CC3)CCO2)n1. The highest BCUT2D eigenvalue weighted by Crippen LogP contribution is 2.50. The molecule has 5 nitrogen and oxygen atoms in total. The molecule has 2 aromatic rings. The number of nitrogens with zero attached hydrogens (tertiary/aromatic N) is 3. The Bertz CT molecular complexity index is 813. The molecule has 0 radical (unpaired) electrons. The molecule has 0 unspecified atom stereocenters. The van der Waals surface area contributed by atoms with Gasteiger partial charge in [-0.15, -0.1) is 0 Å². The molecule has 2 fully saturated rings. The second-order valence-corrected chi connectivity index (χ2v) is 7.02. The highest BCUT2D eigenvalue weighted by atomic mass is 19.1. The standard InChI is InChI=1S/C19H22FN3O2/c1-13-11-22(2)17(21-13)16-12-23(9-10-25-16)18(24)19(7-8-19)14-5-3-4-6-15(14)20/h3-6,11,16H,7-10,12H2,1-2H3/t16-/m0/s1. The highest BCUT2D eigenvalue weighted by Gasteiger charge is 2.54. The van der Waals surface area contributed by atoms with Crippen molar-refractivity contribution in [3.8, 4) is 0 Å². The zero-order chi connectivity index (χ0) is 17.6. The van der Waals surface area contributed by atoms with Crippen LogP contribution in [0.25, 0.3) is 0 Å². The molecular formula is C19H22FN3O2. The quantitative estimate of drug-likeness (QED) is 0.860. The number of aryl methyl sites for hydroxylation is 2. The van der Waals surface area contributed by atoms with Crippen LogP contribution in [0.4, 0.5) is 4.39 Å². The summed E-state index contributed by atoms with van der Waals surface area (Å²) < 4.78 is 22.0. The fourth-order valence-corrected chi connectivity index (χ4v) is 3.80. The molecule has 1 aliphatic carbocycles. The summed E-state index contributed by atoms with van der Waals surface area (Å²) in [4.78, 5) is 19.5. The van der Waals surface area contributed by atoms with Gasteiger partial charge in [0.2, 0.25) is 5.91 Å². The van der Waals surface area contributed by atoms with E-state index in [4.69, 9.17) is 4.74 Å². The van der Waals surface area contributed by atoms with Gasteiger partial charge in [0.05, 0.1) is 24.3 Å². The highest BCUT2D eigenvalue weighted by molar-refractivity contribution is 5.91. The van der Waals surface area contributed by atoms with Crippen molar-refractivity contribution < 1.29 is 13.9 Å². The van der Waals surface area contributed by atoms with Gasteiger partial charge < -0.3 is 14.2 Å². The average Bonchev–Trinajstić information content (AvgIpc) is 3.34. The second-order valence-electron chi connectivity index (χ2n) is 7.02. The summed E-state index contributed by atoms with van der Waals surface area (Å²) in [6.45, 7) is 3.40. The van der Waals surface area contributed by atoms with Crippen molar-refractivity contribution in [1.82, 2.24) is 14.5 Å². The van der Waals surface area contributed by atoms with Crippen LogP contribution < -0.4 is 0 Å². The second kappa shape index (κ2) is 5.95. The first-order chi connectivity index (χ1) is 12.0. The molecule has 2 aliphatic rings. The van der Waals surface area contributed by atoms with Crippen LogP contribution in [0.3, 0.4) is 0 Å². The van der Waals surface area contributed by atoms with E-state index in [1.165, 1.54) is 6.07 Å². The van der Waals surface area contributed by atoms with Crippen molar-refractivity contribution in [2.45, 2.75) is 31.3 Å². The Labute approximate surface area is 146 Å². The number of hydrogen-bond donors (Lipinski definition) is 0. The molecule has 4 rings (SSSR count). The van der Waals surface area contributed by atoms with Crippen LogP contribution in [-0.4, -0.2) is 40.1 Å². The van der Waals surface area contributed by atoms with Crippen molar-refractivity contribution >= 4 is 5.91 Å². The minimum absolute atomic E-state index is 0.0110. The van der Waals surface area contributed by atoms with E-state index < -0.39 is 5.41 Å². The van der Waals surface area contributed by atoms with Gasteiger partial charge in [-0.3, -0.25) is 4.79 Å². The molecule has 1 atom stereocenters. The predicted octanol–water partition coefficient (Wildman–Crippen LogP) is 2.50. The number of carbonyl (C=O) groups excluding carboxylic acids is 1. The number of hydrogen-bond acceptors (Lipinski definition) is 3. The molecule has 1 aliphatic heterocycles. The van der Waals surface area contributed by atoms with Crippen LogP contribution in [0.5, 0.6) is 0 Å². The molecule has 25 heavy (non-hydrogen) atoms. The number of halogens is 1. The molecule has 1 amide bonds.